The minimum atomic E-state index is -0.668. The van der Waals surface area contributed by atoms with Crippen LogP contribution in [-0.2, 0) is 7.05 Å². The molecule has 8 heteroatoms. The van der Waals surface area contributed by atoms with Crippen LogP contribution in [0.1, 0.15) is 38.5 Å². The fourth-order valence-electron chi connectivity index (χ4n) is 4.85. The molecule has 1 aliphatic carbocycles. The molecule has 0 radical (unpaired) electrons. The molecule has 0 bridgehead atoms. The van der Waals surface area contributed by atoms with Crippen LogP contribution in [0.2, 0.25) is 0 Å². The van der Waals surface area contributed by atoms with E-state index in [0.29, 0.717) is 45.1 Å². The van der Waals surface area contributed by atoms with Gasteiger partial charge in [0, 0.05) is 11.1 Å². The first-order chi connectivity index (χ1) is 17.4. The van der Waals surface area contributed by atoms with Crippen LogP contribution in [0.15, 0.2) is 94.0 Å². The van der Waals surface area contributed by atoms with Crippen molar-refractivity contribution in [3.63, 3.8) is 0 Å². The number of hydrogen-bond acceptors (Lipinski definition) is 5. The molecule has 2 heterocycles. The Hall–Kier alpha value is -4.98. The Kier molecular flexibility index (Phi) is 4.82. The Balaban J connectivity index is 1.48. The van der Waals surface area contributed by atoms with E-state index in [1.54, 1.807) is 55.6 Å². The van der Waals surface area contributed by atoms with E-state index in [-0.39, 0.29) is 5.76 Å². The second-order valence-corrected chi connectivity index (χ2v) is 8.65. The van der Waals surface area contributed by atoms with Crippen molar-refractivity contribution in [2.45, 2.75) is 5.92 Å². The first-order valence-electron chi connectivity index (χ1n) is 11.3. The lowest BCUT2D eigenvalue weighted by atomic mass is 9.81. The summed E-state index contributed by atoms with van der Waals surface area (Å²) in [7, 11) is 1.57. The maximum Gasteiger partial charge on any atom is 0.415 e. The van der Waals surface area contributed by atoms with E-state index >= 15 is 0 Å². The number of ether oxygens (including phenoxy) is 1. The predicted octanol–water partition coefficient (Wildman–Crippen LogP) is 1.92. The Labute approximate surface area is 204 Å². The van der Waals surface area contributed by atoms with Gasteiger partial charge >= 0.3 is 11.7 Å². The van der Waals surface area contributed by atoms with Crippen molar-refractivity contribution in [2.75, 3.05) is 0 Å². The van der Waals surface area contributed by atoms with Gasteiger partial charge < -0.3 is 9.84 Å². The van der Waals surface area contributed by atoms with Crippen LogP contribution in [-0.4, -0.2) is 26.3 Å². The molecule has 1 unspecified atom stereocenters. The van der Waals surface area contributed by atoms with Crippen LogP contribution in [0.25, 0.3) is 5.76 Å². The van der Waals surface area contributed by atoms with E-state index in [0.717, 1.165) is 5.56 Å². The number of carbonyl (C=O) groups is 1. The minimum absolute atomic E-state index is 0.0663. The summed E-state index contributed by atoms with van der Waals surface area (Å²) in [4.78, 5) is 43.5. The summed E-state index contributed by atoms with van der Waals surface area (Å²) in [5.74, 6) is -0.385. The smallest absolute Gasteiger partial charge is 0.415 e. The maximum absolute atomic E-state index is 13.1. The Morgan fingerprint density at radius 1 is 0.944 bits per heavy atom. The number of rotatable bonds is 3. The molecule has 36 heavy (non-hydrogen) atoms. The molecule has 3 N–H and O–H groups in total. The third-order valence-electron chi connectivity index (χ3n) is 6.59. The molecule has 1 aromatic heterocycles. The van der Waals surface area contributed by atoms with Crippen molar-refractivity contribution in [3.8, 4) is 5.75 Å². The van der Waals surface area contributed by atoms with E-state index in [9.17, 15) is 19.5 Å². The third-order valence-corrected chi connectivity index (χ3v) is 6.59. The van der Waals surface area contributed by atoms with Crippen molar-refractivity contribution in [3.05, 3.63) is 133 Å². The van der Waals surface area contributed by atoms with Gasteiger partial charge in [0.15, 0.2) is 0 Å². The molecular formula is C28H20N3O5+. The molecule has 176 valence electrons. The van der Waals surface area contributed by atoms with Crippen LogP contribution in [0.4, 0.5) is 5.82 Å². The highest BCUT2D eigenvalue weighted by Crippen LogP contribution is 2.43. The second kappa shape index (κ2) is 8.06. The molecule has 0 spiro atoms. The zero-order valence-electron chi connectivity index (χ0n) is 19.1. The fourth-order valence-corrected chi connectivity index (χ4v) is 4.85. The molecule has 2 aliphatic rings. The number of aliphatic hydroxyl groups excluding tert-OH is 1. The summed E-state index contributed by atoms with van der Waals surface area (Å²) in [6.07, 6.45) is 0. The number of hydrogen-bond donors (Lipinski definition) is 3. The number of carbonyl (C=O) groups excluding carboxylic acids is 1. The van der Waals surface area contributed by atoms with Crippen LogP contribution in [0.5, 0.6) is 5.75 Å². The lowest BCUT2D eigenvalue weighted by Gasteiger charge is -2.23. The molecule has 4 aromatic rings. The van der Waals surface area contributed by atoms with E-state index in [2.05, 4.69) is 9.98 Å². The third kappa shape index (κ3) is 3.23. The number of H-pyrrole nitrogens is 1. The van der Waals surface area contributed by atoms with E-state index in [4.69, 9.17) is 4.74 Å². The lowest BCUT2D eigenvalue weighted by Crippen LogP contribution is -2.72. The fraction of sp³-hybridized carbons (Fsp3) is 0.0714. The van der Waals surface area contributed by atoms with Gasteiger partial charge in [-0.1, -0.05) is 48.5 Å². The number of aliphatic hydroxyl groups is 1. The average molecular weight is 478 g/mol. The lowest BCUT2D eigenvalue weighted by molar-refractivity contribution is -0.364. The first kappa shape index (κ1) is 21.5. The number of fused-ring (bicyclic) bond motifs is 4. The van der Waals surface area contributed by atoms with Crippen LogP contribution in [0, 0.1) is 0 Å². The first-order valence-corrected chi connectivity index (χ1v) is 11.3. The molecule has 0 saturated heterocycles. The van der Waals surface area contributed by atoms with Crippen LogP contribution >= 0.6 is 0 Å². The number of esters is 1. The number of aromatic amines is 1. The van der Waals surface area contributed by atoms with Crippen molar-refractivity contribution >= 4 is 23.3 Å². The number of allylic oxidation sites excluding steroid dienone is 1. The van der Waals surface area contributed by atoms with Gasteiger partial charge in [0.2, 0.25) is 0 Å². The molecule has 8 nitrogen and oxygen atoms in total. The van der Waals surface area contributed by atoms with Crippen molar-refractivity contribution in [2.24, 2.45) is 7.05 Å². The summed E-state index contributed by atoms with van der Waals surface area (Å²) >= 11 is 0. The number of benzene rings is 3. The highest BCUT2D eigenvalue weighted by Gasteiger charge is 2.43. The van der Waals surface area contributed by atoms with Gasteiger partial charge in [0.05, 0.1) is 24.1 Å². The summed E-state index contributed by atoms with van der Waals surface area (Å²) in [5.41, 5.74) is 2.95. The molecule has 3 aromatic carbocycles. The highest BCUT2D eigenvalue weighted by molar-refractivity contribution is 6.21. The van der Waals surface area contributed by atoms with E-state index in [1.807, 2.05) is 30.3 Å². The molecule has 0 saturated carbocycles. The predicted molar refractivity (Wildman–Crippen MR) is 133 cm³/mol. The van der Waals surface area contributed by atoms with Gasteiger partial charge in [-0.2, -0.15) is 4.57 Å². The topological polar surface area (TPSA) is 115 Å². The highest BCUT2D eigenvalue weighted by atomic mass is 16.5. The minimum Gasteiger partial charge on any atom is -0.507 e. The zero-order chi connectivity index (χ0) is 25.0. The maximum atomic E-state index is 13.1. The Morgan fingerprint density at radius 3 is 2.33 bits per heavy atom. The standard InChI is InChI=1S/C28H19N3O5/c1-31-25-22(26(33)30-28(31)35)20(21-23(29-25)18-9-5-6-10-19(18)24(21)32)15-11-13-17(14-12-15)36-27(34)16-7-3-2-4-8-16/h2-14,20,32H,1H3,(H,30,33,35)/p+1. The van der Waals surface area contributed by atoms with Gasteiger partial charge in [0.25, 0.3) is 11.4 Å². The second-order valence-electron chi connectivity index (χ2n) is 8.65. The number of aromatic nitrogens is 2. The molecule has 1 aliphatic heterocycles. The monoisotopic (exact) mass is 478 g/mol. The summed E-state index contributed by atoms with van der Waals surface area (Å²) in [5, 5.41) is 11.2. The van der Waals surface area contributed by atoms with Crippen LogP contribution in [0.3, 0.4) is 0 Å². The van der Waals surface area contributed by atoms with E-state index < -0.39 is 23.1 Å². The number of nitrogens with one attached hydrogen (secondary N) is 2. The van der Waals surface area contributed by atoms with Gasteiger partial charge in [-0.15, -0.1) is 0 Å². The van der Waals surface area contributed by atoms with Crippen molar-refractivity contribution in [1.82, 2.24) is 9.55 Å². The van der Waals surface area contributed by atoms with Gasteiger partial charge in [0.1, 0.15) is 22.8 Å². The molecule has 0 amide bonds. The number of nitrogens with zero attached hydrogens (tertiary/aromatic N) is 1. The van der Waals surface area contributed by atoms with Crippen molar-refractivity contribution in [1.29, 1.82) is 0 Å². The van der Waals surface area contributed by atoms with Gasteiger partial charge in [-0.05, 0) is 35.9 Å². The van der Waals surface area contributed by atoms with Crippen molar-refractivity contribution < 1.29 is 19.6 Å². The largest absolute Gasteiger partial charge is 0.507 e. The van der Waals surface area contributed by atoms with E-state index in [1.165, 1.54) is 4.57 Å². The summed E-state index contributed by atoms with van der Waals surface area (Å²) in [6, 6.07) is 22.8. The normalized spacial score (nSPS) is 15.6. The molecular weight excluding hydrogens is 458 g/mol. The summed E-state index contributed by atoms with van der Waals surface area (Å²) in [6.45, 7) is 0. The molecule has 0 fully saturated rings. The summed E-state index contributed by atoms with van der Waals surface area (Å²) < 4.78 is 6.85. The SMILES string of the molecule is Cn1c2c(c(=O)[nH]c1=O)C(c1ccc(OC(=O)c3ccccc3)cc1)C1=C(O)c3ccccc3C1=[NH+]2. The molecule has 1 atom stereocenters. The van der Waals surface area contributed by atoms with Gasteiger partial charge in [-0.3, -0.25) is 9.78 Å². The quantitative estimate of drug-likeness (QED) is 0.307. The Morgan fingerprint density at radius 2 is 1.61 bits per heavy atom. The van der Waals surface area contributed by atoms with Gasteiger partial charge in [-0.25, -0.2) is 14.6 Å². The van der Waals surface area contributed by atoms with Crippen LogP contribution < -0.4 is 21.0 Å². The zero-order valence-corrected chi connectivity index (χ0v) is 19.1. The average Bonchev–Trinajstić information content (AvgIpc) is 3.19. The molecule has 6 rings (SSSR count). The Bertz CT molecular complexity index is 1730.